The number of thioether (sulfide) groups is 1. The summed E-state index contributed by atoms with van der Waals surface area (Å²) >= 11 is 2.65. The van der Waals surface area contributed by atoms with Crippen molar-refractivity contribution >= 4 is 50.2 Å². The maximum Gasteiger partial charge on any atom is 0.274 e. The van der Waals surface area contributed by atoms with Crippen LogP contribution in [-0.4, -0.2) is 46.4 Å². The van der Waals surface area contributed by atoms with E-state index >= 15 is 0 Å². The van der Waals surface area contributed by atoms with E-state index in [0.29, 0.717) is 26.9 Å². The summed E-state index contributed by atoms with van der Waals surface area (Å²) < 4.78 is 7.55. The maximum absolute atomic E-state index is 13.2. The van der Waals surface area contributed by atoms with Crippen molar-refractivity contribution in [1.82, 2.24) is 14.5 Å². The second-order valence-electron chi connectivity index (χ2n) is 8.05. The molecule has 1 fully saturated rings. The fraction of sp³-hybridized carbons (Fsp3) is 0.455. The van der Waals surface area contributed by atoms with Gasteiger partial charge in [0.1, 0.15) is 10.4 Å². The van der Waals surface area contributed by atoms with Gasteiger partial charge in [-0.2, -0.15) is 4.98 Å². The summed E-state index contributed by atoms with van der Waals surface area (Å²) in [5, 5.41) is 4.25. The summed E-state index contributed by atoms with van der Waals surface area (Å²) in [6.07, 6.45) is 2.28. The van der Waals surface area contributed by atoms with Crippen molar-refractivity contribution in [2.75, 3.05) is 36.2 Å². The lowest BCUT2D eigenvalue weighted by Gasteiger charge is -2.15. The van der Waals surface area contributed by atoms with Crippen molar-refractivity contribution < 1.29 is 9.53 Å². The van der Waals surface area contributed by atoms with E-state index in [1.54, 1.807) is 11.7 Å². The Labute approximate surface area is 195 Å². The van der Waals surface area contributed by atoms with E-state index in [2.05, 4.69) is 20.2 Å². The smallest absolute Gasteiger partial charge is 0.274 e. The SMILES string of the molecule is COc1ccc(C)cc1NC(=O)CSc1nc2nc(N3CCCC3)sc2c(=O)n1C(C)C. The lowest BCUT2D eigenvalue weighted by Crippen LogP contribution is -2.25. The van der Waals surface area contributed by atoms with Crippen LogP contribution in [0.4, 0.5) is 10.8 Å². The Morgan fingerprint density at radius 2 is 2.03 bits per heavy atom. The van der Waals surface area contributed by atoms with Gasteiger partial charge in [0.2, 0.25) is 5.91 Å². The summed E-state index contributed by atoms with van der Waals surface area (Å²) in [5.41, 5.74) is 2.00. The van der Waals surface area contributed by atoms with E-state index < -0.39 is 0 Å². The monoisotopic (exact) mass is 473 g/mol. The van der Waals surface area contributed by atoms with Gasteiger partial charge in [0.15, 0.2) is 15.9 Å². The zero-order valence-corrected chi connectivity index (χ0v) is 20.3. The van der Waals surface area contributed by atoms with Crippen LogP contribution in [0.5, 0.6) is 5.75 Å². The average Bonchev–Trinajstić information content (AvgIpc) is 3.42. The predicted octanol–water partition coefficient (Wildman–Crippen LogP) is 4.08. The van der Waals surface area contributed by atoms with Crippen molar-refractivity contribution in [1.29, 1.82) is 0 Å². The van der Waals surface area contributed by atoms with Gasteiger partial charge in [-0.1, -0.05) is 29.2 Å². The van der Waals surface area contributed by atoms with Crippen LogP contribution >= 0.6 is 23.1 Å². The van der Waals surface area contributed by atoms with Crippen LogP contribution in [0.25, 0.3) is 10.3 Å². The Balaban J connectivity index is 1.58. The number of amides is 1. The fourth-order valence-electron chi connectivity index (χ4n) is 3.69. The van der Waals surface area contributed by atoms with Gasteiger partial charge >= 0.3 is 0 Å². The van der Waals surface area contributed by atoms with E-state index in [-0.39, 0.29) is 23.3 Å². The van der Waals surface area contributed by atoms with E-state index in [0.717, 1.165) is 36.6 Å². The Morgan fingerprint density at radius 1 is 1.28 bits per heavy atom. The number of rotatable bonds is 7. The first-order chi connectivity index (χ1) is 15.4. The van der Waals surface area contributed by atoms with Crippen LogP contribution in [-0.2, 0) is 4.79 Å². The van der Waals surface area contributed by atoms with Gasteiger partial charge in [0.25, 0.3) is 5.56 Å². The molecule has 1 aliphatic rings. The number of benzene rings is 1. The van der Waals surface area contributed by atoms with E-state index in [1.807, 2.05) is 39.0 Å². The molecule has 3 aromatic rings. The second kappa shape index (κ2) is 9.50. The summed E-state index contributed by atoms with van der Waals surface area (Å²) in [4.78, 5) is 37.4. The molecule has 3 heterocycles. The highest BCUT2D eigenvalue weighted by atomic mass is 32.2. The van der Waals surface area contributed by atoms with Crippen LogP contribution in [0, 0.1) is 6.92 Å². The molecule has 1 aliphatic heterocycles. The third kappa shape index (κ3) is 4.61. The quantitative estimate of drug-likeness (QED) is 0.408. The molecular weight excluding hydrogens is 446 g/mol. The van der Waals surface area contributed by atoms with Crippen molar-refractivity contribution in [3.05, 3.63) is 34.1 Å². The molecule has 10 heteroatoms. The van der Waals surface area contributed by atoms with Crippen LogP contribution in [0.15, 0.2) is 28.2 Å². The number of aryl methyl sites for hydroxylation is 1. The van der Waals surface area contributed by atoms with Gasteiger partial charge in [-0.3, -0.25) is 14.2 Å². The molecule has 0 bridgehead atoms. The Hall–Kier alpha value is -2.59. The summed E-state index contributed by atoms with van der Waals surface area (Å²) in [7, 11) is 1.57. The fourth-order valence-corrected chi connectivity index (χ4v) is 5.60. The number of hydrogen-bond acceptors (Lipinski definition) is 8. The van der Waals surface area contributed by atoms with Crippen molar-refractivity contribution in [3.8, 4) is 5.75 Å². The molecule has 0 saturated carbocycles. The Bertz CT molecular complexity index is 1200. The predicted molar refractivity (Wildman–Crippen MR) is 131 cm³/mol. The summed E-state index contributed by atoms with van der Waals surface area (Å²) in [5.74, 6) is 0.523. The van der Waals surface area contributed by atoms with Crippen LogP contribution < -0.4 is 20.5 Å². The Kier molecular flexibility index (Phi) is 6.71. The van der Waals surface area contributed by atoms with Gasteiger partial charge in [-0.05, 0) is 51.3 Å². The number of anilines is 2. The molecule has 0 unspecified atom stereocenters. The lowest BCUT2D eigenvalue weighted by molar-refractivity contribution is -0.113. The number of aromatic nitrogens is 3. The molecule has 0 radical (unpaired) electrons. The largest absolute Gasteiger partial charge is 0.495 e. The highest BCUT2D eigenvalue weighted by molar-refractivity contribution is 7.99. The van der Waals surface area contributed by atoms with Gasteiger partial charge < -0.3 is 15.0 Å². The third-order valence-corrected chi connectivity index (χ3v) is 7.32. The standard InChI is InChI=1S/C22H27N5O3S2/c1-13(2)27-20(29)18-19(24-21(32-18)26-9-5-6-10-26)25-22(27)31-12-17(28)23-15-11-14(3)7-8-16(15)30-4/h7-8,11,13H,5-6,9-10,12H2,1-4H3,(H,23,28). The van der Waals surface area contributed by atoms with Gasteiger partial charge in [-0.25, -0.2) is 4.98 Å². The number of carbonyl (C=O) groups excluding carboxylic acids is 1. The van der Waals surface area contributed by atoms with E-state index in [9.17, 15) is 9.59 Å². The van der Waals surface area contributed by atoms with Gasteiger partial charge in [-0.15, -0.1) is 0 Å². The third-order valence-electron chi connectivity index (χ3n) is 5.27. The molecule has 0 atom stereocenters. The maximum atomic E-state index is 13.2. The molecule has 4 rings (SSSR count). The van der Waals surface area contributed by atoms with Crippen LogP contribution in [0.3, 0.4) is 0 Å². The van der Waals surface area contributed by atoms with Crippen molar-refractivity contribution in [2.45, 2.75) is 44.8 Å². The molecule has 0 spiro atoms. The number of methoxy groups -OCH3 is 1. The molecule has 170 valence electrons. The first-order valence-electron chi connectivity index (χ1n) is 10.6. The van der Waals surface area contributed by atoms with Gasteiger partial charge in [0.05, 0.1) is 18.6 Å². The number of carbonyl (C=O) groups is 1. The van der Waals surface area contributed by atoms with E-state index in [1.165, 1.54) is 23.1 Å². The molecule has 1 amide bonds. The molecular formula is C22H27N5O3S2. The first-order valence-corrected chi connectivity index (χ1v) is 12.4. The number of nitrogens with one attached hydrogen (secondary N) is 1. The number of hydrogen-bond donors (Lipinski definition) is 1. The molecule has 1 aromatic carbocycles. The summed E-state index contributed by atoms with van der Waals surface area (Å²) in [6, 6.07) is 5.53. The minimum Gasteiger partial charge on any atom is -0.495 e. The number of nitrogens with zero attached hydrogens (tertiary/aromatic N) is 4. The number of ether oxygens (including phenoxy) is 1. The van der Waals surface area contributed by atoms with Crippen molar-refractivity contribution in [3.63, 3.8) is 0 Å². The topological polar surface area (TPSA) is 89.3 Å². The molecule has 2 aromatic heterocycles. The van der Waals surface area contributed by atoms with Crippen molar-refractivity contribution in [2.24, 2.45) is 0 Å². The molecule has 8 nitrogen and oxygen atoms in total. The lowest BCUT2D eigenvalue weighted by atomic mass is 10.2. The average molecular weight is 474 g/mol. The Morgan fingerprint density at radius 3 is 2.72 bits per heavy atom. The minimum atomic E-state index is -0.195. The zero-order chi connectivity index (χ0) is 22.8. The highest BCUT2D eigenvalue weighted by Gasteiger charge is 2.22. The first kappa shape index (κ1) is 22.6. The van der Waals surface area contributed by atoms with Gasteiger partial charge in [0, 0.05) is 19.1 Å². The minimum absolute atomic E-state index is 0.0841. The zero-order valence-electron chi connectivity index (χ0n) is 18.7. The summed E-state index contributed by atoms with van der Waals surface area (Å²) in [6.45, 7) is 7.76. The molecule has 0 aliphatic carbocycles. The second-order valence-corrected chi connectivity index (χ2v) is 9.97. The van der Waals surface area contributed by atoms with Crippen LogP contribution in [0.2, 0.25) is 0 Å². The molecule has 1 saturated heterocycles. The normalized spacial score (nSPS) is 13.8. The van der Waals surface area contributed by atoms with E-state index in [4.69, 9.17) is 4.74 Å². The number of thiazole rings is 1. The number of fused-ring (bicyclic) bond motifs is 1. The molecule has 1 N–H and O–H groups in total. The van der Waals surface area contributed by atoms with Crippen LogP contribution in [0.1, 0.15) is 38.3 Å². The highest BCUT2D eigenvalue weighted by Crippen LogP contribution is 2.30. The molecule has 32 heavy (non-hydrogen) atoms.